The van der Waals surface area contributed by atoms with E-state index in [2.05, 4.69) is 36.6 Å². The first-order valence-electron chi connectivity index (χ1n) is 6.46. The molecule has 1 heterocycles. The van der Waals surface area contributed by atoms with Crippen molar-refractivity contribution in [1.82, 2.24) is 4.57 Å². The molecule has 0 fully saturated rings. The summed E-state index contributed by atoms with van der Waals surface area (Å²) >= 11 is 0. The van der Waals surface area contributed by atoms with E-state index in [0.29, 0.717) is 6.04 Å². The van der Waals surface area contributed by atoms with E-state index in [0.717, 1.165) is 12.2 Å². The fraction of sp³-hybridized carbons (Fsp3) is 0.467. The minimum atomic E-state index is 0.175. The molecule has 0 aliphatic carbocycles. The fourth-order valence-electron chi connectivity index (χ4n) is 2.48. The Morgan fingerprint density at radius 3 is 2.50 bits per heavy atom. The SMILES string of the molecule is COc1ccc2cc(CC(C)N)n(C(C)C)c2c1. The summed E-state index contributed by atoms with van der Waals surface area (Å²) in [5.41, 5.74) is 8.45. The Bertz CT molecular complexity index is 541. The second-order valence-electron chi connectivity index (χ2n) is 5.21. The minimum Gasteiger partial charge on any atom is -0.497 e. The maximum Gasteiger partial charge on any atom is 0.120 e. The van der Waals surface area contributed by atoms with Gasteiger partial charge in [-0.3, -0.25) is 0 Å². The summed E-state index contributed by atoms with van der Waals surface area (Å²) in [6.07, 6.45) is 0.898. The van der Waals surface area contributed by atoms with Gasteiger partial charge in [0.25, 0.3) is 0 Å². The summed E-state index contributed by atoms with van der Waals surface area (Å²) in [7, 11) is 1.70. The van der Waals surface area contributed by atoms with E-state index in [1.807, 2.05) is 13.0 Å². The number of methoxy groups -OCH3 is 1. The Labute approximate surface area is 109 Å². The lowest BCUT2D eigenvalue weighted by Crippen LogP contribution is -2.20. The van der Waals surface area contributed by atoms with E-state index in [-0.39, 0.29) is 6.04 Å². The fourth-order valence-corrected chi connectivity index (χ4v) is 2.48. The van der Waals surface area contributed by atoms with E-state index < -0.39 is 0 Å². The zero-order chi connectivity index (χ0) is 13.3. The molecular formula is C15H22N2O. The third-order valence-electron chi connectivity index (χ3n) is 3.18. The highest BCUT2D eigenvalue weighted by atomic mass is 16.5. The third kappa shape index (κ3) is 2.36. The summed E-state index contributed by atoms with van der Waals surface area (Å²) in [4.78, 5) is 0. The van der Waals surface area contributed by atoms with E-state index >= 15 is 0 Å². The van der Waals surface area contributed by atoms with E-state index in [1.54, 1.807) is 7.11 Å². The second kappa shape index (κ2) is 5.02. The maximum atomic E-state index is 5.93. The standard InChI is InChI=1S/C15H22N2O/c1-10(2)17-13(7-11(3)16)8-12-5-6-14(18-4)9-15(12)17/h5-6,8-11H,7,16H2,1-4H3. The molecule has 0 saturated heterocycles. The van der Waals surface area contributed by atoms with Crippen LogP contribution in [0.2, 0.25) is 0 Å². The van der Waals surface area contributed by atoms with Gasteiger partial charge in [0.15, 0.2) is 0 Å². The lowest BCUT2D eigenvalue weighted by Gasteiger charge is -2.16. The number of nitrogens with zero attached hydrogens (tertiary/aromatic N) is 1. The van der Waals surface area contributed by atoms with Crippen molar-refractivity contribution >= 4 is 10.9 Å². The first-order chi connectivity index (χ1) is 8.52. The molecular weight excluding hydrogens is 224 g/mol. The average molecular weight is 246 g/mol. The van der Waals surface area contributed by atoms with Crippen molar-refractivity contribution in [3.63, 3.8) is 0 Å². The van der Waals surface area contributed by atoms with Crippen LogP contribution in [0.15, 0.2) is 24.3 Å². The topological polar surface area (TPSA) is 40.2 Å². The van der Waals surface area contributed by atoms with Gasteiger partial charge in [0, 0.05) is 35.7 Å². The van der Waals surface area contributed by atoms with Gasteiger partial charge in [0.1, 0.15) is 5.75 Å². The largest absolute Gasteiger partial charge is 0.497 e. The van der Waals surface area contributed by atoms with Crippen LogP contribution in [0.4, 0.5) is 0 Å². The Hall–Kier alpha value is -1.48. The molecule has 2 aromatic rings. The number of hydrogen-bond donors (Lipinski definition) is 1. The molecule has 0 aliphatic rings. The van der Waals surface area contributed by atoms with Crippen LogP contribution in [0.5, 0.6) is 5.75 Å². The van der Waals surface area contributed by atoms with Gasteiger partial charge in [-0.15, -0.1) is 0 Å². The van der Waals surface area contributed by atoms with Crippen LogP contribution in [-0.2, 0) is 6.42 Å². The van der Waals surface area contributed by atoms with Crippen molar-refractivity contribution in [2.24, 2.45) is 5.73 Å². The molecule has 0 bridgehead atoms. The molecule has 2 rings (SSSR count). The van der Waals surface area contributed by atoms with Crippen molar-refractivity contribution in [2.45, 2.75) is 39.3 Å². The van der Waals surface area contributed by atoms with Gasteiger partial charge in [0.05, 0.1) is 12.6 Å². The molecule has 3 nitrogen and oxygen atoms in total. The number of ether oxygens (including phenoxy) is 1. The Morgan fingerprint density at radius 2 is 1.94 bits per heavy atom. The summed E-state index contributed by atoms with van der Waals surface area (Å²) in [6, 6.07) is 9.04. The van der Waals surface area contributed by atoms with Crippen molar-refractivity contribution in [2.75, 3.05) is 7.11 Å². The highest BCUT2D eigenvalue weighted by Crippen LogP contribution is 2.28. The monoisotopic (exact) mass is 246 g/mol. The first kappa shape index (κ1) is 13.0. The molecule has 0 aliphatic heterocycles. The van der Waals surface area contributed by atoms with Crippen LogP contribution in [0.25, 0.3) is 10.9 Å². The van der Waals surface area contributed by atoms with Gasteiger partial charge in [0.2, 0.25) is 0 Å². The second-order valence-corrected chi connectivity index (χ2v) is 5.21. The predicted octanol–water partition coefficient (Wildman–Crippen LogP) is 3.12. The molecule has 18 heavy (non-hydrogen) atoms. The smallest absolute Gasteiger partial charge is 0.120 e. The van der Waals surface area contributed by atoms with Gasteiger partial charge < -0.3 is 15.0 Å². The molecule has 0 amide bonds. The van der Waals surface area contributed by atoms with Crippen LogP contribution >= 0.6 is 0 Å². The molecule has 1 aromatic heterocycles. The Morgan fingerprint density at radius 1 is 1.22 bits per heavy atom. The van der Waals surface area contributed by atoms with Gasteiger partial charge in [-0.05, 0) is 39.0 Å². The van der Waals surface area contributed by atoms with E-state index in [1.165, 1.54) is 16.6 Å². The molecule has 1 aromatic carbocycles. The Balaban J connectivity index is 2.60. The predicted molar refractivity (Wildman–Crippen MR) is 76.2 cm³/mol. The molecule has 2 N–H and O–H groups in total. The summed E-state index contributed by atoms with van der Waals surface area (Å²) in [5.74, 6) is 0.898. The van der Waals surface area contributed by atoms with Crippen LogP contribution < -0.4 is 10.5 Å². The van der Waals surface area contributed by atoms with Crippen molar-refractivity contribution < 1.29 is 4.74 Å². The van der Waals surface area contributed by atoms with E-state index in [9.17, 15) is 0 Å². The number of aromatic nitrogens is 1. The highest BCUT2D eigenvalue weighted by Gasteiger charge is 2.13. The number of hydrogen-bond acceptors (Lipinski definition) is 2. The van der Waals surface area contributed by atoms with Crippen LogP contribution in [0, 0.1) is 0 Å². The summed E-state index contributed by atoms with van der Waals surface area (Å²) in [6.45, 7) is 6.44. The summed E-state index contributed by atoms with van der Waals surface area (Å²) in [5, 5.41) is 1.25. The molecule has 0 saturated carbocycles. The quantitative estimate of drug-likeness (QED) is 0.900. The number of fused-ring (bicyclic) bond motifs is 1. The lowest BCUT2D eigenvalue weighted by molar-refractivity contribution is 0.415. The first-order valence-corrected chi connectivity index (χ1v) is 6.46. The molecule has 98 valence electrons. The number of nitrogens with two attached hydrogens (primary N) is 1. The van der Waals surface area contributed by atoms with Crippen molar-refractivity contribution in [3.05, 3.63) is 30.0 Å². The summed E-state index contributed by atoms with van der Waals surface area (Å²) < 4.78 is 7.66. The van der Waals surface area contributed by atoms with Crippen LogP contribution in [-0.4, -0.2) is 17.7 Å². The Kier molecular flexibility index (Phi) is 3.62. The lowest BCUT2D eigenvalue weighted by atomic mass is 10.2. The van der Waals surface area contributed by atoms with Crippen molar-refractivity contribution in [1.29, 1.82) is 0 Å². The molecule has 1 unspecified atom stereocenters. The van der Waals surface area contributed by atoms with Gasteiger partial charge >= 0.3 is 0 Å². The van der Waals surface area contributed by atoms with Crippen LogP contribution in [0.1, 0.15) is 32.5 Å². The molecule has 0 spiro atoms. The zero-order valence-electron chi connectivity index (χ0n) is 11.6. The number of rotatable bonds is 4. The molecule has 0 radical (unpaired) electrons. The van der Waals surface area contributed by atoms with Crippen LogP contribution in [0.3, 0.4) is 0 Å². The van der Waals surface area contributed by atoms with E-state index in [4.69, 9.17) is 10.5 Å². The maximum absolute atomic E-state index is 5.93. The van der Waals surface area contributed by atoms with Gasteiger partial charge in [-0.25, -0.2) is 0 Å². The highest BCUT2D eigenvalue weighted by molar-refractivity contribution is 5.83. The zero-order valence-corrected chi connectivity index (χ0v) is 11.6. The molecule has 1 atom stereocenters. The molecule has 3 heteroatoms. The normalized spacial score (nSPS) is 13.2. The van der Waals surface area contributed by atoms with Gasteiger partial charge in [-0.1, -0.05) is 0 Å². The average Bonchev–Trinajstić information content (AvgIpc) is 2.64. The third-order valence-corrected chi connectivity index (χ3v) is 3.18. The minimum absolute atomic E-state index is 0.175. The number of benzene rings is 1. The van der Waals surface area contributed by atoms with Crippen molar-refractivity contribution in [3.8, 4) is 5.75 Å². The van der Waals surface area contributed by atoms with Gasteiger partial charge in [-0.2, -0.15) is 0 Å².